The van der Waals surface area contributed by atoms with Gasteiger partial charge in [0, 0.05) is 35.6 Å². The Hall–Kier alpha value is -3.63. The highest BCUT2D eigenvalue weighted by molar-refractivity contribution is 5.69. The Labute approximate surface area is 220 Å². The zero-order chi connectivity index (χ0) is 28.4. The number of nitrogens with zero attached hydrogens (tertiary/aromatic N) is 4. The lowest BCUT2D eigenvalue weighted by atomic mass is 9.50. The SMILES string of the molecule is O=C(NC12CC(C1)C2)O[C@@H]1CC[C@H](c2cc(Nc3ncc(C(F)(F)F)c4nc(COC(F)(F)F)cn34)n[nH]2)[C@@H]1F. The summed E-state index contributed by atoms with van der Waals surface area (Å²) >= 11 is 0. The minimum atomic E-state index is -5.01. The molecule has 0 unspecified atom stereocenters. The molecule has 7 rings (SSSR count). The summed E-state index contributed by atoms with van der Waals surface area (Å²) in [5.41, 5.74) is -2.23. The molecule has 1 amide bonds. The topological polar surface area (TPSA) is 118 Å². The number of H-pyrrole nitrogens is 1. The highest BCUT2D eigenvalue weighted by Crippen LogP contribution is 2.57. The van der Waals surface area contributed by atoms with Crippen LogP contribution in [0.2, 0.25) is 0 Å². The molecule has 10 nitrogen and oxygen atoms in total. The first-order valence-electron chi connectivity index (χ1n) is 12.4. The second kappa shape index (κ2) is 9.21. The number of nitrogens with one attached hydrogen (secondary N) is 3. The van der Waals surface area contributed by atoms with Crippen LogP contribution in [0.25, 0.3) is 5.65 Å². The number of alkyl halides is 7. The van der Waals surface area contributed by atoms with Crippen LogP contribution in [-0.4, -0.2) is 54.8 Å². The number of imidazole rings is 1. The fraction of sp³-hybridized carbons (Fsp3) is 0.565. The van der Waals surface area contributed by atoms with Gasteiger partial charge in [0.15, 0.2) is 11.5 Å². The fourth-order valence-electron chi connectivity index (χ4n) is 5.64. The largest absolute Gasteiger partial charge is 0.522 e. The van der Waals surface area contributed by atoms with Gasteiger partial charge in [-0.3, -0.25) is 14.2 Å². The van der Waals surface area contributed by atoms with Crippen molar-refractivity contribution in [1.29, 1.82) is 0 Å². The molecule has 216 valence electrons. The van der Waals surface area contributed by atoms with Crippen molar-refractivity contribution >= 4 is 23.5 Å². The molecule has 0 aromatic carbocycles. The Bertz CT molecular complexity index is 1420. The van der Waals surface area contributed by atoms with E-state index in [4.69, 9.17) is 4.74 Å². The van der Waals surface area contributed by atoms with Crippen molar-refractivity contribution in [3.05, 3.63) is 35.4 Å². The van der Waals surface area contributed by atoms with Crippen LogP contribution in [0.15, 0.2) is 18.5 Å². The number of carbonyl (C=O) groups excluding carboxylic acids is 1. The first kappa shape index (κ1) is 26.6. The maximum atomic E-state index is 15.2. The Morgan fingerprint density at radius 1 is 1.18 bits per heavy atom. The van der Waals surface area contributed by atoms with Gasteiger partial charge < -0.3 is 15.4 Å². The van der Waals surface area contributed by atoms with Crippen LogP contribution in [0.5, 0.6) is 0 Å². The summed E-state index contributed by atoms with van der Waals surface area (Å²) in [6.45, 7) is -1.11. The van der Waals surface area contributed by atoms with Crippen LogP contribution in [0.4, 0.5) is 47.3 Å². The number of rotatable bonds is 7. The van der Waals surface area contributed by atoms with Crippen LogP contribution >= 0.6 is 0 Å². The zero-order valence-electron chi connectivity index (χ0n) is 20.4. The van der Waals surface area contributed by atoms with Crippen molar-refractivity contribution < 1.29 is 45.0 Å². The number of aromatic amines is 1. The molecule has 3 aromatic heterocycles. The average molecular weight is 577 g/mol. The molecule has 3 heterocycles. The highest BCUT2D eigenvalue weighted by Gasteiger charge is 2.58. The molecule has 3 aromatic rings. The summed E-state index contributed by atoms with van der Waals surface area (Å²) in [6, 6.07) is 1.43. The van der Waals surface area contributed by atoms with E-state index in [1.807, 2.05) is 0 Å². The summed E-state index contributed by atoms with van der Waals surface area (Å²) in [7, 11) is 0. The standard InChI is InChI=1S/C23H22F7N7O3/c24-17-12(1-2-15(17)40-20(38)34-21-4-10(5-21)6-21)14-3-16(36-35-14)33-19-31-7-13(22(25,26)27)18-32-11(8-37(18)19)9-39-23(28,29)30/h3,7-8,10,12,15,17H,1-2,4-6,9H2,(H,34,38)(H2,31,33,35,36)/t10?,12-,15-,17+,21?/m1/s1. The molecule has 0 radical (unpaired) electrons. The maximum absolute atomic E-state index is 15.2. The third-order valence-electron chi connectivity index (χ3n) is 7.63. The van der Waals surface area contributed by atoms with Crippen molar-refractivity contribution in [2.75, 3.05) is 5.32 Å². The van der Waals surface area contributed by atoms with E-state index in [2.05, 4.69) is 35.5 Å². The second-order valence-corrected chi connectivity index (χ2v) is 10.4. The predicted octanol–water partition coefficient (Wildman–Crippen LogP) is 5.11. The average Bonchev–Trinajstić information content (AvgIpc) is 3.52. The lowest BCUT2D eigenvalue weighted by Crippen LogP contribution is -2.68. The minimum Gasteiger partial charge on any atom is -0.443 e. The van der Waals surface area contributed by atoms with Gasteiger partial charge in [-0.25, -0.2) is 19.2 Å². The van der Waals surface area contributed by atoms with Crippen LogP contribution in [-0.2, 0) is 22.3 Å². The van der Waals surface area contributed by atoms with Crippen LogP contribution in [0.3, 0.4) is 0 Å². The summed E-state index contributed by atoms with van der Waals surface area (Å²) in [5.74, 6) is -0.207. The number of aromatic nitrogens is 5. The molecule has 4 aliphatic carbocycles. The van der Waals surface area contributed by atoms with Gasteiger partial charge in [0.1, 0.15) is 17.8 Å². The van der Waals surface area contributed by atoms with Crippen molar-refractivity contribution in [3.63, 3.8) is 0 Å². The summed E-state index contributed by atoms with van der Waals surface area (Å²) in [4.78, 5) is 19.6. The third-order valence-corrected chi connectivity index (χ3v) is 7.63. The quantitative estimate of drug-likeness (QED) is 0.334. The number of alkyl carbamates (subject to hydrolysis) is 1. The van der Waals surface area contributed by atoms with E-state index in [-0.39, 0.29) is 23.7 Å². The molecule has 4 saturated carbocycles. The van der Waals surface area contributed by atoms with E-state index in [1.54, 1.807) is 0 Å². The second-order valence-electron chi connectivity index (χ2n) is 10.4. The normalized spacial score (nSPS) is 27.8. The van der Waals surface area contributed by atoms with E-state index < -0.39 is 60.3 Å². The number of halogens is 7. The van der Waals surface area contributed by atoms with E-state index in [0.29, 0.717) is 24.2 Å². The Balaban J connectivity index is 1.16. The summed E-state index contributed by atoms with van der Waals surface area (Å²) in [5, 5.41) is 12.2. The minimum absolute atomic E-state index is 0.0586. The van der Waals surface area contributed by atoms with Crippen molar-refractivity contribution in [1.82, 2.24) is 29.9 Å². The molecule has 2 bridgehead atoms. The number of ether oxygens (including phenoxy) is 2. The van der Waals surface area contributed by atoms with Gasteiger partial charge in [-0.15, -0.1) is 13.2 Å². The molecular weight excluding hydrogens is 555 g/mol. The number of fused-ring (bicyclic) bond motifs is 1. The number of hydrogen-bond donors (Lipinski definition) is 3. The van der Waals surface area contributed by atoms with Crippen LogP contribution < -0.4 is 10.6 Å². The number of anilines is 2. The van der Waals surface area contributed by atoms with Crippen molar-refractivity contribution in [2.24, 2.45) is 5.92 Å². The molecule has 4 fully saturated rings. The fourth-order valence-corrected chi connectivity index (χ4v) is 5.64. The van der Waals surface area contributed by atoms with Gasteiger partial charge in [0.05, 0.1) is 12.3 Å². The molecular formula is C23H22F7N7O3. The zero-order valence-corrected chi connectivity index (χ0v) is 20.4. The molecule has 40 heavy (non-hydrogen) atoms. The van der Waals surface area contributed by atoms with Crippen LogP contribution in [0.1, 0.15) is 55.0 Å². The Kier molecular flexibility index (Phi) is 6.12. The van der Waals surface area contributed by atoms with Crippen molar-refractivity contribution in [3.8, 4) is 0 Å². The van der Waals surface area contributed by atoms with Gasteiger partial charge in [-0.05, 0) is 38.0 Å². The number of carbonyl (C=O) groups is 1. The third kappa shape index (κ3) is 5.01. The summed E-state index contributed by atoms with van der Waals surface area (Å²) in [6.07, 6.45) is -8.20. The molecule has 3 atom stereocenters. The molecule has 17 heteroatoms. The van der Waals surface area contributed by atoms with E-state index in [0.717, 1.165) is 29.9 Å². The smallest absolute Gasteiger partial charge is 0.443 e. The molecule has 0 aliphatic heterocycles. The lowest BCUT2D eigenvalue weighted by Gasteiger charge is -2.61. The van der Waals surface area contributed by atoms with Gasteiger partial charge >= 0.3 is 18.6 Å². The monoisotopic (exact) mass is 577 g/mol. The maximum Gasteiger partial charge on any atom is 0.522 e. The van der Waals surface area contributed by atoms with Gasteiger partial charge in [0.25, 0.3) is 0 Å². The predicted molar refractivity (Wildman–Crippen MR) is 121 cm³/mol. The molecule has 0 saturated heterocycles. The molecule has 3 N–H and O–H groups in total. The van der Waals surface area contributed by atoms with E-state index >= 15 is 4.39 Å². The van der Waals surface area contributed by atoms with E-state index in [9.17, 15) is 31.1 Å². The Morgan fingerprint density at radius 2 is 1.93 bits per heavy atom. The van der Waals surface area contributed by atoms with E-state index in [1.165, 1.54) is 6.07 Å². The molecule has 0 spiro atoms. The number of amides is 1. The molecule has 4 aliphatic rings. The lowest BCUT2D eigenvalue weighted by molar-refractivity contribution is -0.330. The van der Waals surface area contributed by atoms with Gasteiger partial charge in [-0.1, -0.05) is 0 Å². The summed E-state index contributed by atoms with van der Waals surface area (Å²) < 4.78 is 103. The van der Waals surface area contributed by atoms with Gasteiger partial charge in [0.2, 0.25) is 5.95 Å². The van der Waals surface area contributed by atoms with Crippen LogP contribution in [0, 0.1) is 5.92 Å². The van der Waals surface area contributed by atoms with Gasteiger partial charge in [-0.2, -0.15) is 18.3 Å². The number of hydrogen-bond acceptors (Lipinski definition) is 7. The highest BCUT2D eigenvalue weighted by atomic mass is 19.4. The first-order chi connectivity index (χ1) is 18.8. The first-order valence-corrected chi connectivity index (χ1v) is 12.4. The van der Waals surface area contributed by atoms with Crippen molar-refractivity contribution in [2.45, 2.75) is 75.0 Å². The Morgan fingerprint density at radius 3 is 2.58 bits per heavy atom.